The average Bonchev–Trinajstić information content (AvgIpc) is 2.28. The van der Waals surface area contributed by atoms with Gasteiger partial charge in [0.05, 0.1) is 0 Å². The first-order valence-electron chi connectivity index (χ1n) is 5.02. The molecule has 2 aromatic rings. The van der Waals surface area contributed by atoms with E-state index >= 15 is 0 Å². The maximum absolute atomic E-state index is 12.0. The first kappa shape index (κ1) is 12.2. The number of nitrogens with two attached hydrogens (primary N) is 1. The molecule has 94 valence electrons. The molecule has 0 aliphatic carbocycles. The number of anilines is 1. The summed E-state index contributed by atoms with van der Waals surface area (Å²) in [5, 5.41) is 0. The fraction of sp³-hybridized carbons (Fsp3) is 0.0833. The third kappa shape index (κ3) is 3.13. The number of benzene rings is 1. The zero-order valence-electron chi connectivity index (χ0n) is 9.11. The lowest BCUT2D eigenvalue weighted by molar-refractivity contribution is -0.274. The van der Waals surface area contributed by atoms with Crippen LogP contribution in [-0.4, -0.2) is 11.3 Å². The van der Waals surface area contributed by atoms with E-state index in [1.807, 2.05) is 0 Å². The molecule has 0 atom stereocenters. The quantitative estimate of drug-likeness (QED) is 0.895. The molecule has 0 aliphatic heterocycles. The molecule has 0 spiro atoms. The van der Waals surface area contributed by atoms with E-state index in [-0.39, 0.29) is 5.75 Å². The van der Waals surface area contributed by atoms with Gasteiger partial charge in [-0.05, 0) is 35.4 Å². The first-order valence-corrected chi connectivity index (χ1v) is 5.02. The number of hydrogen-bond acceptors (Lipinski definition) is 3. The van der Waals surface area contributed by atoms with E-state index in [0.717, 1.165) is 11.1 Å². The van der Waals surface area contributed by atoms with E-state index in [4.69, 9.17) is 5.73 Å². The summed E-state index contributed by atoms with van der Waals surface area (Å²) >= 11 is 0. The number of nitrogens with zero attached hydrogens (tertiary/aromatic N) is 1. The summed E-state index contributed by atoms with van der Waals surface area (Å²) in [5.41, 5.74) is 7.04. The highest BCUT2D eigenvalue weighted by Gasteiger charge is 2.30. The second kappa shape index (κ2) is 4.56. The number of halogens is 3. The van der Waals surface area contributed by atoms with Crippen molar-refractivity contribution in [3.63, 3.8) is 0 Å². The van der Waals surface area contributed by atoms with Gasteiger partial charge in [-0.3, -0.25) is 0 Å². The van der Waals surface area contributed by atoms with Gasteiger partial charge in [-0.2, -0.15) is 0 Å². The molecular formula is C12H9F3N2O. The van der Waals surface area contributed by atoms with Crippen molar-refractivity contribution < 1.29 is 17.9 Å². The Labute approximate surface area is 101 Å². The lowest BCUT2D eigenvalue weighted by Crippen LogP contribution is -2.16. The van der Waals surface area contributed by atoms with Crippen LogP contribution in [0.4, 0.5) is 19.0 Å². The molecule has 2 rings (SSSR count). The Hall–Kier alpha value is -2.24. The van der Waals surface area contributed by atoms with Crippen molar-refractivity contribution in [3.8, 4) is 16.9 Å². The highest BCUT2D eigenvalue weighted by atomic mass is 19.4. The second-order valence-corrected chi connectivity index (χ2v) is 3.54. The molecule has 3 nitrogen and oxygen atoms in total. The summed E-state index contributed by atoms with van der Waals surface area (Å²) in [5.74, 6) is 0.0939. The van der Waals surface area contributed by atoms with Crippen LogP contribution in [0, 0.1) is 0 Å². The summed E-state index contributed by atoms with van der Waals surface area (Å²) in [4.78, 5) is 3.84. The Morgan fingerprint density at radius 3 is 2.22 bits per heavy atom. The van der Waals surface area contributed by atoms with Gasteiger partial charge in [0.1, 0.15) is 11.6 Å². The van der Waals surface area contributed by atoms with E-state index in [0.29, 0.717) is 5.82 Å². The molecule has 2 N–H and O–H groups in total. The highest BCUT2D eigenvalue weighted by Crippen LogP contribution is 2.26. The topological polar surface area (TPSA) is 48.1 Å². The molecule has 0 bridgehead atoms. The van der Waals surface area contributed by atoms with Crippen LogP contribution in [-0.2, 0) is 0 Å². The minimum absolute atomic E-state index is 0.256. The van der Waals surface area contributed by atoms with Gasteiger partial charge in [-0.1, -0.05) is 12.1 Å². The predicted octanol–water partition coefficient (Wildman–Crippen LogP) is 3.23. The molecule has 0 amide bonds. The average molecular weight is 254 g/mol. The molecule has 0 unspecified atom stereocenters. The number of pyridine rings is 1. The van der Waals surface area contributed by atoms with Gasteiger partial charge in [0, 0.05) is 6.20 Å². The molecule has 1 heterocycles. The van der Waals surface area contributed by atoms with Crippen LogP contribution in [0.3, 0.4) is 0 Å². The molecule has 6 heteroatoms. The Balaban J connectivity index is 2.22. The fourth-order valence-electron chi connectivity index (χ4n) is 1.48. The normalized spacial score (nSPS) is 11.3. The third-order valence-corrected chi connectivity index (χ3v) is 2.20. The molecule has 0 radical (unpaired) electrons. The lowest BCUT2D eigenvalue weighted by Gasteiger charge is -2.09. The van der Waals surface area contributed by atoms with E-state index in [9.17, 15) is 13.2 Å². The zero-order chi connectivity index (χ0) is 13.2. The van der Waals surface area contributed by atoms with Gasteiger partial charge in [-0.15, -0.1) is 13.2 Å². The van der Waals surface area contributed by atoms with Gasteiger partial charge in [-0.25, -0.2) is 4.98 Å². The van der Waals surface area contributed by atoms with Gasteiger partial charge in [0.25, 0.3) is 0 Å². The Kier molecular flexibility index (Phi) is 3.10. The van der Waals surface area contributed by atoms with Crippen LogP contribution in [0.2, 0.25) is 0 Å². The maximum Gasteiger partial charge on any atom is 0.573 e. The largest absolute Gasteiger partial charge is 0.573 e. The maximum atomic E-state index is 12.0. The van der Waals surface area contributed by atoms with Crippen LogP contribution in [0.25, 0.3) is 11.1 Å². The van der Waals surface area contributed by atoms with Crippen LogP contribution in [0.1, 0.15) is 0 Å². The summed E-state index contributed by atoms with van der Waals surface area (Å²) in [7, 11) is 0. The smallest absolute Gasteiger partial charge is 0.406 e. The summed E-state index contributed by atoms with van der Waals surface area (Å²) in [6.07, 6.45) is -3.15. The Bertz CT molecular complexity index is 538. The summed E-state index contributed by atoms with van der Waals surface area (Å²) < 4.78 is 39.7. The fourth-order valence-corrected chi connectivity index (χ4v) is 1.48. The van der Waals surface area contributed by atoms with Gasteiger partial charge in [0.15, 0.2) is 0 Å². The molecule has 18 heavy (non-hydrogen) atoms. The van der Waals surface area contributed by atoms with Crippen molar-refractivity contribution in [2.24, 2.45) is 0 Å². The first-order chi connectivity index (χ1) is 8.44. The van der Waals surface area contributed by atoms with Gasteiger partial charge >= 0.3 is 6.36 Å². The SMILES string of the molecule is Nc1cc(-c2ccc(OC(F)(F)F)cc2)ccn1. The lowest BCUT2D eigenvalue weighted by atomic mass is 10.1. The van der Waals surface area contributed by atoms with Gasteiger partial charge < -0.3 is 10.5 Å². The molecule has 0 fully saturated rings. The molecule has 1 aromatic carbocycles. The van der Waals surface area contributed by atoms with Crippen LogP contribution >= 0.6 is 0 Å². The summed E-state index contributed by atoms with van der Waals surface area (Å²) in [6, 6.07) is 8.90. The summed E-state index contributed by atoms with van der Waals surface area (Å²) in [6.45, 7) is 0. The number of rotatable bonds is 2. The second-order valence-electron chi connectivity index (χ2n) is 3.54. The molecule has 0 saturated heterocycles. The number of aromatic nitrogens is 1. The monoisotopic (exact) mass is 254 g/mol. The molecule has 1 aromatic heterocycles. The van der Waals surface area contributed by atoms with Crippen LogP contribution < -0.4 is 10.5 Å². The van der Waals surface area contributed by atoms with Gasteiger partial charge in [0.2, 0.25) is 0 Å². The molecule has 0 aliphatic rings. The highest BCUT2D eigenvalue weighted by molar-refractivity contribution is 5.66. The van der Waals surface area contributed by atoms with E-state index in [2.05, 4.69) is 9.72 Å². The minimum Gasteiger partial charge on any atom is -0.406 e. The van der Waals surface area contributed by atoms with E-state index in [1.54, 1.807) is 12.1 Å². The number of alkyl halides is 3. The van der Waals surface area contributed by atoms with E-state index < -0.39 is 6.36 Å². The van der Waals surface area contributed by atoms with Crippen LogP contribution in [0.15, 0.2) is 42.6 Å². The zero-order valence-corrected chi connectivity index (χ0v) is 9.11. The van der Waals surface area contributed by atoms with Crippen molar-refractivity contribution in [1.82, 2.24) is 4.98 Å². The van der Waals surface area contributed by atoms with Crippen molar-refractivity contribution in [1.29, 1.82) is 0 Å². The van der Waals surface area contributed by atoms with Crippen molar-refractivity contribution in [2.45, 2.75) is 6.36 Å². The van der Waals surface area contributed by atoms with E-state index in [1.165, 1.54) is 30.5 Å². The number of nitrogen functional groups attached to an aromatic ring is 1. The van der Waals surface area contributed by atoms with Crippen molar-refractivity contribution in [3.05, 3.63) is 42.6 Å². The van der Waals surface area contributed by atoms with Crippen molar-refractivity contribution >= 4 is 5.82 Å². The van der Waals surface area contributed by atoms with Crippen molar-refractivity contribution in [2.75, 3.05) is 5.73 Å². The number of ether oxygens (including phenoxy) is 1. The van der Waals surface area contributed by atoms with Crippen LogP contribution in [0.5, 0.6) is 5.75 Å². The standard InChI is InChI=1S/C12H9F3N2O/c13-12(14,15)18-10-3-1-8(2-4-10)9-5-6-17-11(16)7-9/h1-7H,(H2,16,17). The third-order valence-electron chi connectivity index (χ3n) is 2.20. The minimum atomic E-state index is -4.68. The molecular weight excluding hydrogens is 245 g/mol. The Morgan fingerprint density at radius 1 is 1.00 bits per heavy atom. The molecule has 0 saturated carbocycles. The predicted molar refractivity (Wildman–Crippen MR) is 60.8 cm³/mol. The Morgan fingerprint density at radius 2 is 1.67 bits per heavy atom. The number of hydrogen-bond donors (Lipinski definition) is 1.